The first-order chi connectivity index (χ1) is 7.22. The van der Waals surface area contributed by atoms with E-state index in [-0.39, 0.29) is 5.97 Å². The van der Waals surface area contributed by atoms with Crippen LogP contribution in [0.25, 0.3) is 6.08 Å². The summed E-state index contributed by atoms with van der Waals surface area (Å²) in [5, 5.41) is 0. The smallest absolute Gasteiger partial charge is 0.334 e. The predicted octanol–water partition coefficient (Wildman–Crippen LogP) is 1.54. The second-order valence-electron chi connectivity index (χ2n) is 3.55. The van der Waals surface area contributed by atoms with Gasteiger partial charge in [-0.05, 0) is 26.3 Å². The molecule has 1 aliphatic rings. The van der Waals surface area contributed by atoms with Crippen LogP contribution in [-0.2, 0) is 16.1 Å². The highest BCUT2D eigenvalue weighted by atomic mass is 16.5. The van der Waals surface area contributed by atoms with Crippen molar-refractivity contribution in [1.29, 1.82) is 0 Å². The molecule has 2 heterocycles. The van der Waals surface area contributed by atoms with Gasteiger partial charge in [0.1, 0.15) is 0 Å². The van der Waals surface area contributed by atoms with Gasteiger partial charge in [-0.3, -0.25) is 0 Å². The quantitative estimate of drug-likeness (QED) is 0.689. The first-order valence-electron chi connectivity index (χ1n) is 5.11. The number of nitrogens with zero attached hydrogens (tertiary/aromatic N) is 2. The van der Waals surface area contributed by atoms with Crippen molar-refractivity contribution in [3.63, 3.8) is 0 Å². The molecule has 2 rings (SSSR count). The Morgan fingerprint density at radius 2 is 2.47 bits per heavy atom. The van der Waals surface area contributed by atoms with Gasteiger partial charge in [-0.15, -0.1) is 0 Å². The Hall–Kier alpha value is -1.58. The number of ether oxygens (including phenoxy) is 1. The highest BCUT2D eigenvalue weighted by Gasteiger charge is 2.18. The van der Waals surface area contributed by atoms with Crippen LogP contribution in [0, 0.1) is 6.92 Å². The number of aromatic nitrogens is 2. The Morgan fingerprint density at radius 1 is 1.67 bits per heavy atom. The van der Waals surface area contributed by atoms with Gasteiger partial charge in [0.25, 0.3) is 0 Å². The molecule has 0 saturated carbocycles. The van der Waals surface area contributed by atoms with E-state index in [2.05, 4.69) is 9.55 Å². The molecular formula is C11H14N2O2. The van der Waals surface area contributed by atoms with Gasteiger partial charge < -0.3 is 9.30 Å². The summed E-state index contributed by atoms with van der Waals surface area (Å²) >= 11 is 0. The monoisotopic (exact) mass is 206 g/mol. The van der Waals surface area contributed by atoms with Gasteiger partial charge in [0.05, 0.1) is 24.3 Å². The molecule has 0 spiro atoms. The molecule has 0 atom stereocenters. The van der Waals surface area contributed by atoms with Gasteiger partial charge in [0.2, 0.25) is 0 Å². The number of esters is 1. The van der Waals surface area contributed by atoms with Crippen LogP contribution in [0.15, 0.2) is 11.9 Å². The van der Waals surface area contributed by atoms with E-state index in [1.54, 1.807) is 0 Å². The van der Waals surface area contributed by atoms with Crippen LogP contribution in [0.1, 0.15) is 24.7 Å². The summed E-state index contributed by atoms with van der Waals surface area (Å²) in [7, 11) is 0. The molecule has 80 valence electrons. The third kappa shape index (κ3) is 1.79. The zero-order valence-corrected chi connectivity index (χ0v) is 8.99. The van der Waals surface area contributed by atoms with E-state index in [0.717, 1.165) is 29.9 Å². The minimum atomic E-state index is -0.204. The Bertz CT molecular complexity index is 418. The fourth-order valence-electron chi connectivity index (χ4n) is 1.72. The Kier molecular flexibility index (Phi) is 2.58. The average Bonchev–Trinajstić information content (AvgIpc) is 2.60. The van der Waals surface area contributed by atoms with Gasteiger partial charge in [0.15, 0.2) is 0 Å². The van der Waals surface area contributed by atoms with Crippen molar-refractivity contribution in [2.75, 3.05) is 6.61 Å². The van der Waals surface area contributed by atoms with Gasteiger partial charge in [0, 0.05) is 12.1 Å². The van der Waals surface area contributed by atoms with E-state index in [4.69, 9.17) is 4.74 Å². The molecule has 0 bridgehead atoms. The van der Waals surface area contributed by atoms with Crippen LogP contribution in [0.2, 0.25) is 0 Å². The lowest BCUT2D eigenvalue weighted by molar-refractivity contribution is -0.138. The van der Waals surface area contributed by atoms with Crippen LogP contribution >= 0.6 is 0 Å². The van der Waals surface area contributed by atoms with Crippen LogP contribution in [0.3, 0.4) is 0 Å². The molecule has 15 heavy (non-hydrogen) atoms. The fourth-order valence-corrected chi connectivity index (χ4v) is 1.72. The molecule has 1 aliphatic heterocycles. The van der Waals surface area contributed by atoms with E-state index >= 15 is 0 Å². The minimum Gasteiger partial charge on any atom is -0.463 e. The van der Waals surface area contributed by atoms with Gasteiger partial charge >= 0.3 is 5.97 Å². The zero-order chi connectivity index (χ0) is 10.8. The maximum Gasteiger partial charge on any atom is 0.334 e. The van der Waals surface area contributed by atoms with Crippen molar-refractivity contribution < 1.29 is 9.53 Å². The summed E-state index contributed by atoms with van der Waals surface area (Å²) in [5.41, 5.74) is 2.72. The number of imidazole rings is 1. The fraction of sp³-hybridized carbons (Fsp3) is 0.455. The van der Waals surface area contributed by atoms with Crippen LogP contribution < -0.4 is 0 Å². The Labute approximate surface area is 88.6 Å². The minimum absolute atomic E-state index is 0.204. The van der Waals surface area contributed by atoms with Crippen molar-refractivity contribution in [1.82, 2.24) is 9.55 Å². The van der Waals surface area contributed by atoms with E-state index in [1.807, 2.05) is 26.3 Å². The van der Waals surface area contributed by atoms with Crippen molar-refractivity contribution in [2.24, 2.45) is 0 Å². The van der Waals surface area contributed by atoms with E-state index in [1.165, 1.54) is 0 Å². The van der Waals surface area contributed by atoms with E-state index in [0.29, 0.717) is 6.61 Å². The van der Waals surface area contributed by atoms with Crippen LogP contribution in [0.5, 0.6) is 0 Å². The van der Waals surface area contributed by atoms with Crippen molar-refractivity contribution in [3.05, 3.63) is 23.3 Å². The molecule has 1 aromatic heterocycles. The molecule has 0 N–H and O–H groups in total. The summed E-state index contributed by atoms with van der Waals surface area (Å²) in [5.74, 6) is -0.204. The lowest BCUT2D eigenvalue weighted by atomic mass is 10.1. The maximum atomic E-state index is 11.5. The largest absolute Gasteiger partial charge is 0.463 e. The Balaban J connectivity index is 2.28. The molecular weight excluding hydrogens is 192 g/mol. The summed E-state index contributed by atoms with van der Waals surface area (Å²) < 4.78 is 7.03. The van der Waals surface area contributed by atoms with E-state index in [9.17, 15) is 4.79 Å². The normalized spacial score (nSPS) is 14.4. The lowest BCUT2D eigenvalue weighted by Crippen LogP contribution is -2.14. The van der Waals surface area contributed by atoms with Gasteiger partial charge in [-0.1, -0.05) is 0 Å². The first kappa shape index (κ1) is 9.96. The first-order valence-corrected chi connectivity index (χ1v) is 5.11. The molecule has 0 saturated heterocycles. The maximum absolute atomic E-state index is 11.5. The highest BCUT2D eigenvalue weighted by molar-refractivity contribution is 5.93. The Morgan fingerprint density at radius 3 is 3.20 bits per heavy atom. The summed E-state index contributed by atoms with van der Waals surface area (Å²) in [4.78, 5) is 15.7. The number of rotatable bonds is 2. The SMILES string of the molecule is CCOC(=O)C1=Cc2c(C)ncn2CC1. The summed E-state index contributed by atoms with van der Waals surface area (Å²) in [6, 6.07) is 0. The molecule has 0 aromatic carbocycles. The summed E-state index contributed by atoms with van der Waals surface area (Å²) in [6.07, 6.45) is 4.41. The molecule has 1 aromatic rings. The van der Waals surface area contributed by atoms with Crippen LogP contribution in [0.4, 0.5) is 0 Å². The van der Waals surface area contributed by atoms with Gasteiger partial charge in [-0.2, -0.15) is 0 Å². The van der Waals surface area contributed by atoms with Crippen molar-refractivity contribution >= 4 is 12.0 Å². The second-order valence-corrected chi connectivity index (χ2v) is 3.55. The average molecular weight is 206 g/mol. The van der Waals surface area contributed by atoms with E-state index < -0.39 is 0 Å². The molecule has 0 amide bonds. The summed E-state index contributed by atoms with van der Waals surface area (Å²) in [6.45, 7) is 4.99. The molecule has 0 fully saturated rings. The van der Waals surface area contributed by atoms with Crippen molar-refractivity contribution in [2.45, 2.75) is 26.8 Å². The number of carbonyl (C=O) groups excluding carboxylic acids is 1. The van der Waals surface area contributed by atoms with Gasteiger partial charge in [-0.25, -0.2) is 9.78 Å². The topological polar surface area (TPSA) is 44.1 Å². The number of fused-ring (bicyclic) bond motifs is 1. The third-order valence-electron chi connectivity index (χ3n) is 2.54. The van der Waals surface area contributed by atoms with Crippen molar-refractivity contribution in [3.8, 4) is 0 Å². The molecule has 0 aliphatic carbocycles. The number of carbonyl (C=O) groups is 1. The zero-order valence-electron chi connectivity index (χ0n) is 8.99. The third-order valence-corrected chi connectivity index (χ3v) is 2.54. The highest BCUT2D eigenvalue weighted by Crippen LogP contribution is 2.21. The lowest BCUT2D eigenvalue weighted by Gasteiger charge is -2.14. The van der Waals surface area contributed by atoms with Crippen LogP contribution in [-0.4, -0.2) is 22.1 Å². The molecule has 0 unspecified atom stereocenters. The predicted molar refractivity (Wildman–Crippen MR) is 56.2 cm³/mol. The number of hydrogen-bond donors (Lipinski definition) is 0. The molecule has 0 radical (unpaired) electrons. The number of hydrogen-bond acceptors (Lipinski definition) is 3. The standard InChI is InChI=1S/C11H14N2O2/c1-3-15-11(14)9-4-5-13-7-12-8(2)10(13)6-9/h6-7H,3-5H2,1-2H3. The second kappa shape index (κ2) is 3.88. The number of aryl methyl sites for hydroxylation is 2. The molecule has 4 heteroatoms. The molecule has 4 nitrogen and oxygen atoms in total.